The zero-order valence-corrected chi connectivity index (χ0v) is 11.4. The van der Waals surface area contributed by atoms with Gasteiger partial charge in [0.15, 0.2) is 0 Å². The summed E-state index contributed by atoms with van der Waals surface area (Å²) in [6.07, 6.45) is 0.979. The number of para-hydroxylation sites is 2. The van der Waals surface area contributed by atoms with Crippen LogP contribution in [0.15, 0.2) is 48.5 Å². The number of hydrogen-bond donors (Lipinski definition) is 2. The molecule has 93 valence electrons. The molecule has 5 heteroatoms. The van der Waals surface area contributed by atoms with Gasteiger partial charge >= 0.3 is 27.2 Å². The van der Waals surface area contributed by atoms with Crippen LogP contribution in [-0.4, -0.2) is 23.5 Å². The van der Waals surface area contributed by atoms with E-state index in [4.69, 9.17) is 16.7 Å². The van der Waals surface area contributed by atoms with Gasteiger partial charge in [0.2, 0.25) is 0 Å². The van der Waals surface area contributed by atoms with Crippen LogP contribution in [0.4, 0.5) is 0 Å². The van der Waals surface area contributed by atoms with Crippen molar-refractivity contribution in [1.82, 2.24) is 0 Å². The average Bonchev–Trinajstić information content (AvgIpc) is 2.35. The van der Waals surface area contributed by atoms with Crippen LogP contribution in [-0.2, 0) is 10.2 Å². The molecule has 0 saturated carbocycles. The van der Waals surface area contributed by atoms with Crippen molar-refractivity contribution in [3.05, 3.63) is 59.7 Å². The summed E-state index contributed by atoms with van der Waals surface area (Å²) >= 11 is -3.44. The Morgan fingerprint density at radius 3 is 1.72 bits per heavy atom. The largest absolute Gasteiger partial charge is 0.457 e. The van der Waals surface area contributed by atoms with Crippen LogP contribution in [0.1, 0.15) is 11.1 Å². The molecule has 1 aliphatic rings. The molecule has 4 nitrogen and oxygen atoms in total. The topological polar surface area (TPSA) is 66.8 Å². The molecule has 2 aromatic carbocycles. The second kappa shape index (κ2) is 5.91. The molecule has 0 amide bonds. The molecule has 2 aromatic rings. The standard InChI is InChI=1S/C13H10O.AsH2O3/c1-3-7-12-10(5-1)9-11-6-2-4-8-13(11)14-12;2-1(3)4/h1-8H,9H2;(H2,2,3,4). The van der Waals surface area contributed by atoms with Crippen LogP contribution < -0.4 is 4.74 Å². The van der Waals surface area contributed by atoms with Gasteiger partial charge in [0, 0.05) is 6.42 Å². The number of rotatable bonds is 0. The summed E-state index contributed by atoms with van der Waals surface area (Å²) in [5.74, 6) is 1.98. The summed E-state index contributed by atoms with van der Waals surface area (Å²) in [5, 5.41) is 0. The van der Waals surface area contributed by atoms with Crippen molar-refractivity contribution in [1.29, 1.82) is 0 Å². The van der Waals surface area contributed by atoms with Crippen molar-refractivity contribution in [2.45, 2.75) is 6.42 Å². The van der Waals surface area contributed by atoms with Gasteiger partial charge in [-0.25, -0.2) is 0 Å². The third kappa shape index (κ3) is 3.26. The Hall–Kier alpha value is -1.48. The molecule has 18 heavy (non-hydrogen) atoms. The molecule has 0 bridgehead atoms. The van der Waals surface area contributed by atoms with E-state index >= 15 is 0 Å². The maximum absolute atomic E-state index is 8.78. The molecule has 0 unspecified atom stereocenters. The summed E-state index contributed by atoms with van der Waals surface area (Å²) < 4.78 is 29.0. The number of ether oxygens (including phenoxy) is 1. The SMILES string of the molecule is O=[As](O)O.c1ccc2c(c1)Cc1ccccc1O2. The van der Waals surface area contributed by atoms with E-state index in [1.54, 1.807) is 0 Å². The van der Waals surface area contributed by atoms with E-state index in [2.05, 4.69) is 24.3 Å². The van der Waals surface area contributed by atoms with Gasteiger partial charge in [-0.05, 0) is 23.3 Å². The molecular formula is C13H12AsO4. The Balaban J connectivity index is 0.000000267. The second-order valence-electron chi connectivity index (χ2n) is 3.75. The molecule has 0 atom stereocenters. The van der Waals surface area contributed by atoms with E-state index < -0.39 is 15.3 Å². The molecule has 0 saturated heterocycles. The number of fused-ring (bicyclic) bond motifs is 2. The Morgan fingerprint density at radius 1 is 0.889 bits per heavy atom. The zero-order valence-electron chi connectivity index (χ0n) is 9.48. The fraction of sp³-hybridized carbons (Fsp3) is 0.0769. The van der Waals surface area contributed by atoms with Gasteiger partial charge in [0.25, 0.3) is 0 Å². The van der Waals surface area contributed by atoms with Crippen LogP contribution in [0.2, 0.25) is 0 Å². The molecule has 0 aliphatic carbocycles. The fourth-order valence-electron chi connectivity index (χ4n) is 1.82. The van der Waals surface area contributed by atoms with Gasteiger partial charge in [-0.3, -0.25) is 0 Å². The molecule has 0 fully saturated rings. The van der Waals surface area contributed by atoms with Crippen LogP contribution in [0.5, 0.6) is 11.5 Å². The normalized spacial score (nSPS) is 11.2. The van der Waals surface area contributed by atoms with Crippen molar-refractivity contribution < 1.29 is 16.7 Å². The predicted molar refractivity (Wildman–Crippen MR) is 66.6 cm³/mol. The molecule has 1 heterocycles. The monoisotopic (exact) mass is 307 g/mol. The van der Waals surface area contributed by atoms with E-state index in [9.17, 15) is 0 Å². The van der Waals surface area contributed by atoms with E-state index in [0.717, 1.165) is 17.9 Å². The van der Waals surface area contributed by atoms with Crippen molar-refractivity contribution in [3.63, 3.8) is 0 Å². The van der Waals surface area contributed by atoms with Crippen LogP contribution in [0.3, 0.4) is 0 Å². The summed E-state index contributed by atoms with van der Waals surface area (Å²) in [5.41, 5.74) is 2.54. The molecule has 1 radical (unpaired) electrons. The predicted octanol–water partition coefficient (Wildman–Crippen LogP) is 1.77. The second-order valence-corrected chi connectivity index (χ2v) is 4.81. The third-order valence-electron chi connectivity index (χ3n) is 2.55. The maximum Gasteiger partial charge on any atom is 0.130 e. The van der Waals surface area contributed by atoms with Gasteiger partial charge in [0.1, 0.15) is 11.5 Å². The Labute approximate surface area is 110 Å². The first-order valence-corrected chi connectivity index (χ1v) is 7.80. The molecular weight excluding hydrogens is 295 g/mol. The van der Waals surface area contributed by atoms with E-state index in [1.807, 2.05) is 24.3 Å². The Kier molecular flexibility index (Phi) is 4.26. The fourth-order valence-corrected chi connectivity index (χ4v) is 1.82. The minimum Gasteiger partial charge on any atom is -0.457 e. The van der Waals surface area contributed by atoms with E-state index in [1.165, 1.54) is 11.1 Å². The first-order chi connectivity index (χ1) is 8.66. The summed E-state index contributed by atoms with van der Waals surface area (Å²) in [6.45, 7) is 0. The summed E-state index contributed by atoms with van der Waals surface area (Å²) in [7, 11) is 0. The van der Waals surface area contributed by atoms with Gasteiger partial charge in [-0.2, -0.15) is 0 Å². The van der Waals surface area contributed by atoms with Crippen LogP contribution in [0.25, 0.3) is 0 Å². The minimum atomic E-state index is -3.44. The van der Waals surface area contributed by atoms with Gasteiger partial charge in [0.05, 0.1) is 0 Å². The molecule has 1 aliphatic heterocycles. The summed E-state index contributed by atoms with van der Waals surface area (Å²) in [6, 6.07) is 16.4. The Bertz CT molecular complexity index is 477. The molecule has 0 spiro atoms. The van der Waals surface area contributed by atoms with Crippen LogP contribution >= 0.6 is 0 Å². The van der Waals surface area contributed by atoms with Crippen LogP contribution in [0, 0.1) is 0 Å². The van der Waals surface area contributed by atoms with Crippen molar-refractivity contribution in [3.8, 4) is 11.5 Å². The quantitative estimate of drug-likeness (QED) is 0.621. The average molecular weight is 307 g/mol. The van der Waals surface area contributed by atoms with Gasteiger partial charge in [-0.15, -0.1) is 0 Å². The molecule has 2 N–H and O–H groups in total. The van der Waals surface area contributed by atoms with Gasteiger partial charge in [-0.1, -0.05) is 36.4 Å². The smallest absolute Gasteiger partial charge is 0.130 e. The van der Waals surface area contributed by atoms with Crippen molar-refractivity contribution in [2.24, 2.45) is 0 Å². The van der Waals surface area contributed by atoms with Gasteiger partial charge < -0.3 is 4.74 Å². The molecule has 3 rings (SSSR count). The first-order valence-electron chi connectivity index (χ1n) is 5.35. The Morgan fingerprint density at radius 2 is 1.28 bits per heavy atom. The third-order valence-corrected chi connectivity index (χ3v) is 2.55. The number of benzene rings is 2. The first kappa shape index (κ1) is 13.0. The zero-order chi connectivity index (χ0) is 13.0. The number of hydrogen-bond acceptors (Lipinski definition) is 2. The maximum atomic E-state index is 8.78. The van der Waals surface area contributed by atoms with E-state index in [0.29, 0.717) is 0 Å². The van der Waals surface area contributed by atoms with Crippen molar-refractivity contribution in [2.75, 3.05) is 0 Å². The molecule has 0 aromatic heterocycles. The van der Waals surface area contributed by atoms with E-state index in [-0.39, 0.29) is 0 Å². The van der Waals surface area contributed by atoms with Crippen molar-refractivity contribution >= 4 is 15.3 Å². The minimum absolute atomic E-state index is 0.979. The summed E-state index contributed by atoms with van der Waals surface area (Å²) in [4.78, 5) is 0.